The van der Waals surface area contributed by atoms with Crippen molar-refractivity contribution in [2.24, 2.45) is 5.10 Å². The largest absolute Gasteiger partial charge is 0.344 e. The topological polar surface area (TPSA) is 70.6 Å². The molecule has 2 N–H and O–H groups in total. The van der Waals surface area contributed by atoms with Crippen LogP contribution in [0.15, 0.2) is 42.0 Å². The molecule has 100 valence electrons. The summed E-state index contributed by atoms with van der Waals surface area (Å²) in [6.07, 6.45) is 3.94. The van der Waals surface area contributed by atoms with E-state index < -0.39 is 11.8 Å². The summed E-state index contributed by atoms with van der Waals surface area (Å²) in [5, 5.41) is 6.07. The molecule has 2 amide bonds. The smallest absolute Gasteiger partial charge is 0.329 e. The number of amides is 2. The lowest BCUT2D eigenvalue weighted by Crippen LogP contribution is -2.37. The minimum Gasteiger partial charge on any atom is -0.344 e. The van der Waals surface area contributed by atoms with Crippen LogP contribution >= 0.6 is 0 Å². The first-order chi connectivity index (χ1) is 9.17. The van der Waals surface area contributed by atoms with Gasteiger partial charge in [0.05, 0.1) is 6.21 Å². The molecule has 1 aromatic carbocycles. The maximum atomic E-state index is 11.3. The predicted molar refractivity (Wildman–Crippen MR) is 74.8 cm³/mol. The number of aryl methyl sites for hydroxylation is 1. The summed E-state index contributed by atoms with van der Waals surface area (Å²) in [5.41, 5.74) is 4.23. The van der Waals surface area contributed by atoms with Crippen LogP contribution in [0, 0.1) is 0 Å². The molecular weight excluding hydrogens is 242 g/mol. The van der Waals surface area contributed by atoms with Gasteiger partial charge in [-0.15, -0.1) is 6.58 Å². The number of hydrazone groups is 1. The SMILES string of the molecule is C=CCNC(=O)C(=O)NN=Cc1ccc(CC)cc1. The van der Waals surface area contributed by atoms with Gasteiger partial charge in [-0.25, -0.2) is 5.43 Å². The van der Waals surface area contributed by atoms with Gasteiger partial charge in [0.15, 0.2) is 0 Å². The molecular formula is C14H17N3O2. The van der Waals surface area contributed by atoms with E-state index in [1.54, 1.807) is 0 Å². The highest BCUT2D eigenvalue weighted by molar-refractivity contribution is 6.35. The van der Waals surface area contributed by atoms with E-state index in [1.807, 2.05) is 24.3 Å². The number of nitrogens with zero attached hydrogens (tertiary/aromatic N) is 1. The van der Waals surface area contributed by atoms with Crippen molar-refractivity contribution in [3.63, 3.8) is 0 Å². The number of hydrogen-bond donors (Lipinski definition) is 2. The summed E-state index contributed by atoms with van der Waals surface area (Å²) in [6.45, 7) is 5.75. The van der Waals surface area contributed by atoms with Crippen molar-refractivity contribution in [2.75, 3.05) is 6.54 Å². The van der Waals surface area contributed by atoms with E-state index in [0.717, 1.165) is 12.0 Å². The standard InChI is InChI=1S/C14H17N3O2/c1-3-9-15-13(18)14(19)17-16-10-12-7-5-11(4-2)6-8-12/h3,5-8,10H,1,4,9H2,2H3,(H,15,18)(H,17,19). The first-order valence-electron chi connectivity index (χ1n) is 5.98. The average molecular weight is 259 g/mol. The molecule has 1 aromatic rings. The van der Waals surface area contributed by atoms with Crippen molar-refractivity contribution < 1.29 is 9.59 Å². The minimum absolute atomic E-state index is 0.244. The lowest BCUT2D eigenvalue weighted by molar-refractivity contribution is -0.139. The monoisotopic (exact) mass is 259 g/mol. The van der Waals surface area contributed by atoms with Crippen molar-refractivity contribution >= 4 is 18.0 Å². The van der Waals surface area contributed by atoms with Crippen molar-refractivity contribution in [3.8, 4) is 0 Å². The zero-order chi connectivity index (χ0) is 14.1. The Morgan fingerprint density at radius 1 is 1.26 bits per heavy atom. The first-order valence-corrected chi connectivity index (χ1v) is 5.98. The van der Waals surface area contributed by atoms with E-state index in [0.29, 0.717) is 0 Å². The van der Waals surface area contributed by atoms with Crippen LogP contribution in [0.5, 0.6) is 0 Å². The molecule has 0 bridgehead atoms. The third-order valence-corrected chi connectivity index (χ3v) is 2.38. The van der Waals surface area contributed by atoms with Gasteiger partial charge in [-0.05, 0) is 17.5 Å². The Labute approximate surface area is 112 Å². The summed E-state index contributed by atoms with van der Waals surface area (Å²) in [7, 11) is 0. The van der Waals surface area contributed by atoms with Gasteiger partial charge in [-0.3, -0.25) is 9.59 Å². The first kappa shape index (κ1) is 14.6. The van der Waals surface area contributed by atoms with Gasteiger partial charge < -0.3 is 5.32 Å². The number of carbonyl (C=O) groups excluding carboxylic acids is 2. The van der Waals surface area contributed by atoms with Gasteiger partial charge in [-0.1, -0.05) is 37.3 Å². The lowest BCUT2D eigenvalue weighted by atomic mass is 10.1. The fourth-order valence-electron chi connectivity index (χ4n) is 1.30. The highest BCUT2D eigenvalue weighted by Crippen LogP contribution is 2.02. The van der Waals surface area contributed by atoms with Crippen LogP contribution in [0.2, 0.25) is 0 Å². The van der Waals surface area contributed by atoms with Crippen LogP contribution in [0.1, 0.15) is 18.1 Å². The summed E-state index contributed by atoms with van der Waals surface area (Å²) in [4.78, 5) is 22.5. The molecule has 0 spiro atoms. The summed E-state index contributed by atoms with van der Waals surface area (Å²) >= 11 is 0. The average Bonchev–Trinajstić information content (AvgIpc) is 2.45. The van der Waals surface area contributed by atoms with Crippen LogP contribution in [-0.4, -0.2) is 24.6 Å². The van der Waals surface area contributed by atoms with Crippen molar-refractivity contribution in [1.29, 1.82) is 0 Å². The van der Waals surface area contributed by atoms with Crippen LogP contribution in [0.3, 0.4) is 0 Å². The molecule has 0 atom stereocenters. The second kappa shape index (κ2) is 7.81. The molecule has 19 heavy (non-hydrogen) atoms. The highest BCUT2D eigenvalue weighted by atomic mass is 16.2. The molecule has 0 saturated carbocycles. The van der Waals surface area contributed by atoms with Crippen LogP contribution < -0.4 is 10.7 Å². The molecule has 0 saturated heterocycles. The zero-order valence-corrected chi connectivity index (χ0v) is 10.8. The van der Waals surface area contributed by atoms with Gasteiger partial charge in [-0.2, -0.15) is 5.10 Å². The number of nitrogens with one attached hydrogen (secondary N) is 2. The summed E-state index contributed by atoms with van der Waals surface area (Å²) < 4.78 is 0. The molecule has 0 fully saturated rings. The van der Waals surface area contributed by atoms with Crippen LogP contribution in [-0.2, 0) is 16.0 Å². The lowest BCUT2D eigenvalue weighted by Gasteiger charge is -2.00. The molecule has 0 aliphatic carbocycles. The molecule has 0 heterocycles. The second-order valence-electron chi connectivity index (χ2n) is 3.79. The van der Waals surface area contributed by atoms with E-state index in [1.165, 1.54) is 17.9 Å². The number of carbonyl (C=O) groups is 2. The van der Waals surface area contributed by atoms with Gasteiger partial charge in [0.2, 0.25) is 0 Å². The van der Waals surface area contributed by atoms with E-state index in [2.05, 4.69) is 29.3 Å². The van der Waals surface area contributed by atoms with Gasteiger partial charge >= 0.3 is 11.8 Å². The van der Waals surface area contributed by atoms with Crippen molar-refractivity contribution in [1.82, 2.24) is 10.7 Å². The Kier molecular flexibility index (Phi) is 6.02. The van der Waals surface area contributed by atoms with Crippen molar-refractivity contribution in [2.45, 2.75) is 13.3 Å². The Bertz CT molecular complexity index is 478. The second-order valence-corrected chi connectivity index (χ2v) is 3.79. The zero-order valence-electron chi connectivity index (χ0n) is 10.8. The fourth-order valence-corrected chi connectivity index (χ4v) is 1.30. The Hall–Kier alpha value is -2.43. The Morgan fingerprint density at radius 3 is 2.53 bits per heavy atom. The number of hydrogen-bond acceptors (Lipinski definition) is 3. The Balaban J connectivity index is 2.46. The molecule has 5 heteroatoms. The van der Waals surface area contributed by atoms with E-state index >= 15 is 0 Å². The van der Waals surface area contributed by atoms with Crippen molar-refractivity contribution in [3.05, 3.63) is 48.0 Å². The molecule has 0 aliphatic rings. The van der Waals surface area contributed by atoms with Crippen LogP contribution in [0.25, 0.3) is 0 Å². The Morgan fingerprint density at radius 2 is 1.95 bits per heavy atom. The van der Waals surface area contributed by atoms with Gasteiger partial charge in [0.25, 0.3) is 0 Å². The minimum atomic E-state index is -0.803. The predicted octanol–water partition coefficient (Wildman–Crippen LogP) is 1.00. The van der Waals surface area contributed by atoms with Gasteiger partial charge in [0.1, 0.15) is 0 Å². The maximum Gasteiger partial charge on any atom is 0.329 e. The molecule has 0 unspecified atom stereocenters. The van der Waals surface area contributed by atoms with E-state index in [9.17, 15) is 9.59 Å². The molecule has 0 radical (unpaired) electrons. The van der Waals surface area contributed by atoms with Gasteiger partial charge in [0, 0.05) is 6.54 Å². The third-order valence-electron chi connectivity index (χ3n) is 2.38. The normalized spacial score (nSPS) is 10.2. The molecule has 0 aliphatic heterocycles. The van der Waals surface area contributed by atoms with E-state index in [-0.39, 0.29) is 6.54 Å². The summed E-state index contributed by atoms with van der Waals surface area (Å²) in [5.74, 6) is -1.54. The molecule has 5 nitrogen and oxygen atoms in total. The fraction of sp³-hybridized carbons (Fsp3) is 0.214. The molecule has 1 rings (SSSR count). The van der Waals surface area contributed by atoms with E-state index in [4.69, 9.17) is 0 Å². The number of benzene rings is 1. The maximum absolute atomic E-state index is 11.3. The molecule has 0 aromatic heterocycles. The third kappa shape index (κ3) is 5.16. The highest BCUT2D eigenvalue weighted by Gasteiger charge is 2.10. The summed E-state index contributed by atoms with van der Waals surface area (Å²) in [6, 6.07) is 7.76. The number of rotatable bonds is 5. The quantitative estimate of drug-likeness (QED) is 0.358. The van der Waals surface area contributed by atoms with Crippen LogP contribution in [0.4, 0.5) is 0 Å².